The molecule has 6 heteroatoms. The number of thioether (sulfide) groups is 1. The van der Waals surface area contributed by atoms with Crippen LogP contribution in [-0.4, -0.2) is 41.1 Å². The topological polar surface area (TPSA) is 92.4 Å². The van der Waals surface area contributed by atoms with Crippen molar-refractivity contribution in [3.63, 3.8) is 0 Å². The van der Waals surface area contributed by atoms with Crippen molar-refractivity contribution in [1.29, 1.82) is 0 Å². The van der Waals surface area contributed by atoms with Crippen LogP contribution in [0.4, 0.5) is 0 Å². The van der Waals surface area contributed by atoms with Gasteiger partial charge in [-0.15, -0.1) is 0 Å². The maximum Gasteiger partial charge on any atom is 0.305 e. The SMILES string of the molecule is CSCC(C)NC(=O)C(N)CC(=O)O. The van der Waals surface area contributed by atoms with Gasteiger partial charge in [-0.3, -0.25) is 9.59 Å². The minimum Gasteiger partial charge on any atom is -0.481 e. The number of carbonyl (C=O) groups is 2. The zero-order valence-electron chi connectivity index (χ0n) is 8.32. The first kappa shape index (κ1) is 13.2. The summed E-state index contributed by atoms with van der Waals surface area (Å²) >= 11 is 1.61. The number of carbonyl (C=O) groups excluding carboxylic acids is 1. The molecule has 0 aromatic carbocycles. The van der Waals surface area contributed by atoms with Gasteiger partial charge in [-0.05, 0) is 13.2 Å². The zero-order chi connectivity index (χ0) is 11.1. The molecule has 0 aromatic heterocycles. The van der Waals surface area contributed by atoms with Gasteiger partial charge in [0.25, 0.3) is 0 Å². The molecule has 0 aliphatic carbocycles. The zero-order valence-corrected chi connectivity index (χ0v) is 9.13. The number of nitrogens with two attached hydrogens (primary N) is 1. The summed E-state index contributed by atoms with van der Waals surface area (Å²) in [5.41, 5.74) is 5.36. The number of carboxylic acid groups (broad SMARTS) is 1. The fraction of sp³-hybridized carbons (Fsp3) is 0.750. The van der Waals surface area contributed by atoms with Crippen molar-refractivity contribution in [2.75, 3.05) is 12.0 Å². The highest BCUT2D eigenvalue weighted by molar-refractivity contribution is 7.98. The molecule has 5 nitrogen and oxygen atoms in total. The molecule has 2 unspecified atom stereocenters. The van der Waals surface area contributed by atoms with Gasteiger partial charge in [0.15, 0.2) is 0 Å². The molecule has 0 spiro atoms. The molecule has 0 rings (SSSR count). The first-order valence-corrected chi connectivity index (χ1v) is 5.63. The Morgan fingerprint density at radius 2 is 2.14 bits per heavy atom. The highest BCUT2D eigenvalue weighted by Crippen LogP contribution is 1.97. The smallest absolute Gasteiger partial charge is 0.305 e. The second-order valence-corrected chi connectivity index (χ2v) is 3.98. The first-order valence-electron chi connectivity index (χ1n) is 4.24. The van der Waals surface area contributed by atoms with E-state index < -0.39 is 17.9 Å². The van der Waals surface area contributed by atoms with E-state index in [0.29, 0.717) is 0 Å². The average molecular weight is 220 g/mol. The minimum absolute atomic E-state index is 0.0114. The van der Waals surface area contributed by atoms with Gasteiger partial charge in [-0.25, -0.2) is 0 Å². The van der Waals surface area contributed by atoms with Crippen LogP contribution in [0.3, 0.4) is 0 Å². The van der Waals surface area contributed by atoms with E-state index in [4.69, 9.17) is 10.8 Å². The number of hydrogen-bond acceptors (Lipinski definition) is 4. The molecule has 0 radical (unpaired) electrons. The van der Waals surface area contributed by atoms with Crippen LogP contribution >= 0.6 is 11.8 Å². The summed E-state index contributed by atoms with van der Waals surface area (Å²) in [6.45, 7) is 1.85. The molecule has 4 N–H and O–H groups in total. The lowest BCUT2D eigenvalue weighted by Crippen LogP contribution is -2.46. The first-order chi connectivity index (χ1) is 6.47. The molecular weight excluding hydrogens is 204 g/mol. The second kappa shape index (κ2) is 6.67. The molecule has 0 fully saturated rings. The van der Waals surface area contributed by atoms with Crippen LogP contribution in [0.25, 0.3) is 0 Å². The van der Waals surface area contributed by atoms with Crippen molar-refractivity contribution in [2.24, 2.45) is 5.73 Å². The Labute approximate surface area is 87.4 Å². The second-order valence-electron chi connectivity index (χ2n) is 3.07. The Morgan fingerprint density at radius 1 is 1.57 bits per heavy atom. The van der Waals surface area contributed by atoms with Crippen LogP contribution in [0.1, 0.15) is 13.3 Å². The molecular formula is C8H16N2O3S. The maximum absolute atomic E-state index is 11.3. The van der Waals surface area contributed by atoms with Crippen LogP contribution in [0, 0.1) is 0 Å². The minimum atomic E-state index is -1.06. The standard InChI is InChI=1S/C8H16N2O3S/c1-5(4-14-2)10-8(13)6(9)3-7(11)12/h5-6H,3-4,9H2,1-2H3,(H,10,13)(H,11,12). The monoisotopic (exact) mass is 220 g/mol. The fourth-order valence-corrected chi connectivity index (χ4v) is 1.51. The molecule has 14 heavy (non-hydrogen) atoms. The predicted octanol–water partition coefficient (Wildman–Crippen LogP) is -0.344. The summed E-state index contributed by atoms with van der Waals surface area (Å²) in [5.74, 6) is -0.690. The van der Waals surface area contributed by atoms with Crippen LogP contribution in [0.5, 0.6) is 0 Å². The lowest BCUT2D eigenvalue weighted by molar-refractivity contribution is -0.139. The van der Waals surface area contributed by atoms with Crippen molar-refractivity contribution in [3.05, 3.63) is 0 Å². The van der Waals surface area contributed by atoms with Crippen molar-refractivity contribution in [3.8, 4) is 0 Å². The lowest BCUT2D eigenvalue weighted by Gasteiger charge is -2.15. The Morgan fingerprint density at radius 3 is 2.57 bits per heavy atom. The van der Waals surface area contributed by atoms with Crippen LogP contribution in [-0.2, 0) is 9.59 Å². The number of rotatable bonds is 6. The fourth-order valence-electron chi connectivity index (χ4n) is 0.922. The number of nitrogens with one attached hydrogen (secondary N) is 1. The maximum atomic E-state index is 11.3. The number of amides is 1. The van der Waals surface area contributed by atoms with E-state index in [9.17, 15) is 9.59 Å². The van der Waals surface area contributed by atoms with Gasteiger partial charge in [-0.2, -0.15) is 11.8 Å². The van der Waals surface area contributed by atoms with Gasteiger partial charge in [0.1, 0.15) is 0 Å². The largest absolute Gasteiger partial charge is 0.481 e. The normalized spacial score (nSPS) is 14.5. The van der Waals surface area contributed by atoms with Gasteiger partial charge < -0.3 is 16.2 Å². The summed E-state index contributed by atoms with van der Waals surface area (Å²) < 4.78 is 0. The highest BCUT2D eigenvalue weighted by Gasteiger charge is 2.18. The summed E-state index contributed by atoms with van der Waals surface area (Å²) in [5, 5.41) is 11.0. The molecule has 0 bridgehead atoms. The Bertz CT molecular complexity index is 211. The van der Waals surface area contributed by atoms with Crippen molar-refractivity contribution >= 4 is 23.6 Å². The van der Waals surface area contributed by atoms with E-state index in [1.165, 1.54) is 0 Å². The third-order valence-corrected chi connectivity index (χ3v) is 2.37. The van der Waals surface area contributed by atoms with Crippen molar-refractivity contribution in [1.82, 2.24) is 5.32 Å². The molecule has 0 aliphatic rings. The lowest BCUT2D eigenvalue weighted by atomic mass is 10.2. The summed E-state index contributed by atoms with van der Waals surface area (Å²) in [7, 11) is 0. The van der Waals surface area contributed by atoms with Crippen LogP contribution < -0.4 is 11.1 Å². The number of hydrogen-bond donors (Lipinski definition) is 3. The van der Waals surface area contributed by atoms with E-state index in [1.54, 1.807) is 11.8 Å². The third kappa shape index (κ3) is 5.82. The third-order valence-electron chi connectivity index (χ3n) is 1.54. The summed E-state index contributed by atoms with van der Waals surface area (Å²) in [6.07, 6.45) is 1.59. The molecule has 0 saturated heterocycles. The van der Waals surface area contributed by atoms with Crippen molar-refractivity contribution < 1.29 is 14.7 Å². The summed E-state index contributed by atoms with van der Waals surface area (Å²) in [6, 6.07) is -0.950. The Hall–Kier alpha value is -0.750. The van der Waals surface area contributed by atoms with E-state index in [1.807, 2.05) is 13.2 Å². The van der Waals surface area contributed by atoms with Crippen LogP contribution in [0.2, 0.25) is 0 Å². The van der Waals surface area contributed by atoms with Gasteiger partial charge in [-0.1, -0.05) is 0 Å². The molecule has 2 atom stereocenters. The highest BCUT2D eigenvalue weighted by atomic mass is 32.2. The Kier molecular flexibility index (Phi) is 6.31. The van der Waals surface area contributed by atoms with E-state index >= 15 is 0 Å². The van der Waals surface area contributed by atoms with E-state index in [-0.39, 0.29) is 12.5 Å². The van der Waals surface area contributed by atoms with Crippen molar-refractivity contribution in [2.45, 2.75) is 25.4 Å². The predicted molar refractivity (Wildman–Crippen MR) is 56.2 cm³/mol. The Balaban J connectivity index is 3.88. The van der Waals surface area contributed by atoms with E-state index in [0.717, 1.165) is 5.75 Å². The molecule has 82 valence electrons. The van der Waals surface area contributed by atoms with Gasteiger partial charge in [0, 0.05) is 11.8 Å². The molecule has 1 amide bonds. The van der Waals surface area contributed by atoms with Crippen LogP contribution in [0.15, 0.2) is 0 Å². The quantitative estimate of drug-likeness (QED) is 0.569. The number of carboxylic acids is 1. The van der Waals surface area contributed by atoms with Gasteiger partial charge in [0.05, 0.1) is 12.5 Å². The average Bonchev–Trinajstić information content (AvgIpc) is 2.02. The van der Waals surface area contributed by atoms with Gasteiger partial charge >= 0.3 is 5.97 Å². The molecule has 0 aliphatic heterocycles. The van der Waals surface area contributed by atoms with E-state index in [2.05, 4.69) is 5.32 Å². The molecule has 0 aromatic rings. The van der Waals surface area contributed by atoms with Gasteiger partial charge in [0.2, 0.25) is 5.91 Å². The molecule has 0 saturated carbocycles. The molecule has 0 heterocycles. The summed E-state index contributed by atoms with van der Waals surface area (Å²) in [4.78, 5) is 21.5. The number of aliphatic carboxylic acids is 1.